The molecule has 1 saturated heterocycles. The lowest BCUT2D eigenvalue weighted by atomic mass is 10.0. The minimum Gasteiger partial charge on any atom is -0.399 e. The topological polar surface area (TPSA) is 101 Å². The molecule has 0 spiro atoms. The van der Waals surface area contributed by atoms with Crippen LogP contribution in [-0.4, -0.2) is 52.0 Å². The van der Waals surface area contributed by atoms with E-state index in [4.69, 9.17) is 26.1 Å². The summed E-state index contributed by atoms with van der Waals surface area (Å²) in [7, 11) is 1.44. The van der Waals surface area contributed by atoms with E-state index in [0.29, 0.717) is 34.1 Å². The third kappa shape index (κ3) is 4.49. The molecule has 1 fully saturated rings. The molecule has 1 aliphatic heterocycles. The molecule has 0 radical (unpaired) electrons. The number of likely N-dealkylation sites (tertiary alicyclic amines) is 1. The van der Waals surface area contributed by atoms with Gasteiger partial charge in [-0.15, -0.1) is 0 Å². The van der Waals surface area contributed by atoms with E-state index in [1.165, 1.54) is 19.2 Å². The van der Waals surface area contributed by atoms with E-state index >= 15 is 0 Å². The van der Waals surface area contributed by atoms with Crippen LogP contribution in [0.3, 0.4) is 0 Å². The maximum atomic E-state index is 13.3. The minimum atomic E-state index is -0.498. The molecule has 3 aromatic rings. The molecule has 1 amide bonds. The Labute approximate surface area is 188 Å². The van der Waals surface area contributed by atoms with Crippen molar-refractivity contribution >= 4 is 23.2 Å². The summed E-state index contributed by atoms with van der Waals surface area (Å²) in [4.78, 5) is 24.1. The number of rotatable bonds is 6. The molecule has 2 aromatic carbocycles. The van der Waals surface area contributed by atoms with Crippen molar-refractivity contribution in [3.63, 3.8) is 0 Å². The molecule has 32 heavy (non-hydrogen) atoms. The van der Waals surface area contributed by atoms with Crippen LogP contribution in [-0.2, 0) is 11.3 Å². The number of carbonyl (C=O) groups is 1. The van der Waals surface area contributed by atoms with Gasteiger partial charge in [-0.2, -0.15) is 4.98 Å². The van der Waals surface area contributed by atoms with Gasteiger partial charge in [-0.3, -0.25) is 4.79 Å². The summed E-state index contributed by atoms with van der Waals surface area (Å²) in [6.07, 6.45) is 0.653. The third-order valence-corrected chi connectivity index (χ3v) is 5.43. The monoisotopic (exact) mass is 458 g/mol. The first-order valence-corrected chi connectivity index (χ1v) is 10.3. The molecule has 4 rings (SSSR count). The number of aliphatic hydroxyl groups is 1. The minimum absolute atomic E-state index is 0.104. The number of hydrogen-bond acceptors (Lipinski definition) is 7. The predicted octanol–water partition coefficient (Wildman–Crippen LogP) is 3.65. The Kier molecular flexibility index (Phi) is 6.48. The lowest BCUT2D eigenvalue weighted by Gasteiger charge is -2.21. The Bertz CT molecular complexity index is 1150. The van der Waals surface area contributed by atoms with E-state index in [0.717, 1.165) is 5.56 Å². The Morgan fingerprint density at radius 1 is 1.34 bits per heavy atom. The lowest BCUT2D eigenvalue weighted by molar-refractivity contribution is 0.0713. The fourth-order valence-corrected chi connectivity index (χ4v) is 3.90. The second kappa shape index (κ2) is 9.46. The summed E-state index contributed by atoms with van der Waals surface area (Å²) in [5.41, 5.74) is 2.55. The average molecular weight is 459 g/mol. The maximum Gasteiger partial charge on any atom is 0.254 e. The summed E-state index contributed by atoms with van der Waals surface area (Å²) < 4.78 is 18.7. The van der Waals surface area contributed by atoms with Crippen LogP contribution in [0.4, 0.5) is 4.39 Å². The van der Waals surface area contributed by atoms with Gasteiger partial charge in [0.25, 0.3) is 5.91 Å². The summed E-state index contributed by atoms with van der Waals surface area (Å²) in [5, 5.41) is 17.2. The summed E-state index contributed by atoms with van der Waals surface area (Å²) in [6.45, 7) is 0.147. The van der Waals surface area contributed by atoms with Gasteiger partial charge in [0, 0.05) is 24.0 Å². The van der Waals surface area contributed by atoms with Crippen LogP contribution in [0.15, 0.2) is 52.1 Å². The number of amides is 1. The first kappa shape index (κ1) is 21.9. The number of halogens is 2. The SMILES string of the molecule is CO/N=C1\C[C@@H](c2nc(CCO)no2)N(C(=O)c2ccc(-c3ccc(F)cc3Cl)cc2)C1. The molecule has 2 heterocycles. The number of benzene rings is 2. The Hall–Kier alpha value is -3.30. The van der Waals surface area contributed by atoms with Crippen LogP contribution in [0.2, 0.25) is 5.02 Å². The molecule has 0 saturated carbocycles. The highest BCUT2D eigenvalue weighted by atomic mass is 35.5. The lowest BCUT2D eigenvalue weighted by Crippen LogP contribution is -2.31. The Balaban J connectivity index is 1.59. The first-order chi connectivity index (χ1) is 15.5. The van der Waals surface area contributed by atoms with Crippen molar-refractivity contribution in [2.24, 2.45) is 5.16 Å². The zero-order chi connectivity index (χ0) is 22.7. The molecule has 0 bridgehead atoms. The summed E-state index contributed by atoms with van der Waals surface area (Å²) >= 11 is 6.15. The van der Waals surface area contributed by atoms with Gasteiger partial charge in [-0.25, -0.2) is 4.39 Å². The zero-order valence-corrected chi connectivity index (χ0v) is 17.9. The highest BCUT2D eigenvalue weighted by molar-refractivity contribution is 6.33. The molecule has 1 aliphatic rings. The molecule has 0 unspecified atom stereocenters. The maximum absolute atomic E-state index is 13.3. The molecular formula is C22H20ClFN4O4. The van der Waals surface area contributed by atoms with Crippen LogP contribution in [0.25, 0.3) is 11.1 Å². The van der Waals surface area contributed by atoms with Crippen LogP contribution in [0.1, 0.15) is 34.5 Å². The molecular weight excluding hydrogens is 439 g/mol. The van der Waals surface area contributed by atoms with Crippen molar-refractivity contribution in [3.8, 4) is 11.1 Å². The molecule has 8 nitrogen and oxygen atoms in total. The normalized spacial score (nSPS) is 17.2. The van der Waals surface area contributed by atoms with Crippen molar-refractivity contribution in [3.05, 3.63) is 70.6 Å². The van der Waals surface area contributed by atoms with Gasteiger partial charge >= 0.3 is 0 Å². The van der Waals surface area contributed by atoms with Gasteiger partial charge in [0.15, 0.2) is 5.82 Å². The third-order valence-electron chi connectivity index (χ3n) is 5.12. The highest BCUT2D eigenvalue weighted by Gasteiger charge is 2.38. The van der Waals surface area contributed by atoms with Crippen molar-refractivity contribution < 1.29 is 23.7 Å². The van der Waals surface area contributed by atoms with Crippen molar-refractivity contribution in [2.75, 3.05) is 20.3 Å². The molecule has 166 valence electrons. The van der Waals surface area contributed by atoms with Gasteiger partial charge in [-0.1, -0.05) is 34.0 Å². The number of aromatic nitrogens is 2. The molecule has 1 N–H and O–H groups in total. The fourth-order valence-electron chi connectivity index (χ4n) is 3.62. The number of oxime groups is 1. The largest absolute Gasteiger partial charge is 0.399 e. The van der Waals surface area contributed by atoms with E-state index in [9.17, 15) is 9.18 Å². The fraction of sp³-hybridized carbons (Fsp3) is 0.273. The average Bonchev–Trinajstić information content (AvgIpc) is 3.41. The van der Waals surface area contributed by atoms with E-state index in [2.05, 4.69) is 15.3 Å². The van der Waals surface area contributed by atoms with Gasteiger partial charge < -0.3 is 19.4 Å². The second-order valence-corrected chi connectivity index (χ2v) is 7.62. The van der Waals surface area contributed by atoms with E-state index in [1.54, 1.807) is 35.2 Å². The van der Waals surface area contributed by atoms with Gasteiger partial charge in [0.1, 0.15) is 19.0 Å². The Morgan fingerprint density at radius 2 is 2.12 bits per heavy atom. The predicted molar refractivity (Wildman–Crippen MR) is 115 cm³/mol. The Morgan fingerprint density at radius 3 is 2.81 bits per heavy atom. The van der Waals surface area contributed by atoms with Crippen LogP contribution < -0.4 is 0 Å². The van der Waals surface area contributed by atoms with Crippen LogP contribution >= 0.6 is 11.6 Å². The van der Waals surface area contributed by atoms with Crippen molar-refractivity contribution in [1.82, 2.24) is 15.0 Å². The first-order valence-electron chi connectivity index (χ1n) is 9.89. The smallest absolute Gasteiger partial charge is 0.254 e. The molecule has 10 heteroatoms. The van der Waals surface area contributed by atoms with Crippen molar-refractivity contribution in [1.29, 1.82) is 0 Å². The number of hydrogen-bond donors (Lipinski definition) is 1. The highest BCUT2D eigenvalue weighted by Crippen LogP contribution is 2.33. The molecule has 1 atom stereocenters. The quantitative estimate of drug-likeness (QED) is 0.566. The van der Waals surface area contributed by atoms with Gasteiger partial charge in [-0.05, 0) is 35.9 Å². The van der Waals surface area contributed by atoms with E-state index in [-0.39, 0.29) is 31.4 Å². The van der Waals surface area contributed by atoms with Crippen molar-refractivity contribution in [2.45, 2.75) is 18.9 Å². The summed E-state index contributed by atoms with van der Waals surface area (Å²) in [6, 6.07) is 10.6. The molecule has 0 aliphatic carbocycles. The van der Waals surface area contributed by atoms with Crippen LogP contribution in [0, 0.1) is 5.82 Å². The van der Waals surface area contributed by atoms with Crippen LogP contribution in [0.5, 0.6) is 0 Å². The van der Waals surface area contributed by atoms with E-state index in [1.807, 2.05) is 0 Å². The number of carbonyl (C=O) groups excluding carboxylic acids is 1. The van der Waals surface area contributed by atoms with E-state index < -0.39 is 11.9 Å². The zero-order valence-electron chi connectivity index (χ0n) is 17.2. The molecule has 1 aromatic heterocycles. The summed E-state index contributed by atoms with van der Waals surface area (Å²) in [5.74, 6) is -0.0114. The standard InChI is InChI=1S/C22H20ClFN4O4/c1-31-26-16-11-19(21-25-20(8-9-29)27-32-21)28(12-16)22(30)14-4-2-13(3-5-14)17-7-6-15(24)10-18(17)23/h2-7,10,19,29H,8-9,11-12H2,1H3/b26-16+/t19-/m0/s1. The number of nitrogens with zero attached hydrogens (tertiary/aromatic N) is 4. The number of aliphatic hydroxyl groups excluding tert-OH is 1. The van der Waals surface area contributed by atoms with Gasteiger partial charge in [0.2, 0.25) is 5.89 Å². The van der Waals surface area contributed by atoms with Gasteiger partial charge in [0.05, 0.1) is 23.9 Å². The second-order valence-electron chi connectivity index (χ2n) is 7.22.